The van der Waals surface area contributed by atoms with Gasteiger partial charge in [0.2, 0.25) is 5.91 Å². The maximum atomic E-state index is 12.6. The van der Waals surface area contributed by atoms with E-state index in [1.165, 1.54) is 13.3 Å². The van der Waals surface area contributed by atoms with Crippen LogP contribution in [0.4, 0.5) is 0 Å². The normalized spacial score (nSPS) is 13.1. The maximum absolute atomic E-state index is 12.6. The highest BCUT2D eigenvalue weighted by molar-refractivity contribution is 5.88. The van der Waals surface area contributed by atoms with Gasteiger partial charge in [-0.15, -0.1) is 0 Å². The predicted octanol–water partition coefficient (Wildman–Crippen LogP) is 2.58. The Morgan fingerprint density at radius 1 is 1.10 bits per heavy atom. The fourth-order valence-electron chi connectivity index (χ4n) is 3.25. The van der Waals surface area contributed by atoms with Gasteiger partial charge in [0, 0.05) is 6.04 Å². The van der Waals surface area contributed by atoms with Crippen LogP contribution in [-0.2, 0) is 16.0 Å². The van der Waals surface area contributed by atoms with Crippen LogP contribution in [0.25, 0.3) is 5.69 Å². The third-order valence-corrected chi connectivity index (χ3v) is 5.22. The molecule has 2 aromatic carbocycles. The van der Waals surface area contributed by atoms with Crippen molar-refractivity contribution in [1.82, 2.24) is 25.0 Å². The lowest BCUT2D eigenvalue weighted by atomic mass is 10.0. The minimum absolute atomic E-state index is 0.0328. The molecular formula is C23H27N5O2. The number of rotatable bonds is 9. The molecule has 3 aromatic rings. The summed E-state index contributed by atoms with van der Waals surface area (Å²) in [5, 5.41) is 7.00. The van der Waals surface area contributed by atoms with Crippen molar-refractivity contribution in [3.8, 4) is 5.69 Å². The summed E-state index contributed by atoms with van der Waals surface area (Å²) in [5.74, 6) is -0.216. The summed E-state index contributed by atoms with van der Waals surface area (Å²) in [4.78, 5) is 30.5. The second kappa shape index (κ2) is 9.93. The number of Topliss-reactive ketones (excluding diaryl/α,β-unsaturated/α-hetero) is 1. The van der Waals surface area contributed by atoms with Crippen molar-refractivity contribution in [2.45, 2.75) is 32.4 Å². The Morgan fingerprint density at radius 3 is 2.40 bits per heavy atom. The van der Waals surface area contributed by atoms with E-state index in [4.69, 9.17) is 0 Å². The zero-order valence-corrected chi connectivity index (χ0v) is 17.5. The molecule has 0 saturated carbocycles. The van der Waals surface area contributed by atoms with Gasteiger partial charge in [-0.05, 0) is 50.6 Å². The van der Waals surface area contributed by atoms with E-state index in [1.54, 1.807) is 11.0 Å². The first-order chi connectivity index (χ1) is 14.4. The van der Waals surface area contributed by atoms with Crippen LogP contribution in [0, 0.1) is 0 Å². The third kappa shape index (κ3) is 5.61. The molecule has 1 N–H and O–H groups in total. The van der Waals surface area contributed by atoms with E-state index in [0.717, 1.165) is 16.8 Å². The monoisotopic (exact) mass is 405 g/mol. The molecule has 1 aromatic heterocycles. The number of likely N-dealkylation sites (N-methyl/N-ethyl adjacent to an activating group) is 1. The van der Waals surface area contributed by atoms with Gasteiger partial charge in [-0.2, -0.15) is 5.10 Å². The minimum atomic E-state index is -0.523. The third-order valence-electron chi connectivity index (χ3n) is 5.22. The molecule has 0 aliphatic rings. The first kappa shape index (κ1) is 21.4. The highest BCUT2D eigenvalue weighted by atomic mass is 16.2. The summed E-state index contributed by atoms with van der Waals surface area (Å²) in [6.07, 6.45) is 3.63. The zero-order chi connectivity index (χ0) is 21.5. The summed E-state index contributed by atoms with van der Waals surface area (Å²) in [5.41, 5.74) is 3.03. The van der Waals surface area contributed by atoms with Crippen LogP contribution in [0.1, 0.15) is 31.0 Å². The fraction of sp³-hybridized carbons (Fsp3) is 0.304. The van der Waals surface area contributed by atoms with Gasteiger partial charge in [-0.25, -0.2) is 9.67 Å². The van der Waals surface area contributed by atoms with E-state index in [0.29, 0.717) is 6.42 Å². The van der Waals surface area contributed by atoms with Crippen molar-refractivity contribution in [1.29, 1.82) is 0 Å². The van der Waals surface area contributed by atoms with E-state index in [-0.39, 0.29) is 24.3 Å². The van der Waals surface area contributed by atoms with Crippen LogP contribution < -0.4 is 5.32 Å². The molecule has 3 rings (SSSR count). The summed E-state index contributed by atoms with van der Waals surface area (Å²) >= 11 is 0. The Bertz CT molecular complexity index is 955. The molecule has 0 aliphatic carbocycles. The molecule has 0 spiro atoms. The molecule has 1 amide bonds. The van der Waals surface area contributed by atoms with Crippen molar-refractivity contribution >= 4 is 11.7 Å². The predicted molar refractivity (Wildman–Crippen MR) is 115 cm³/mol. The van der Waals surface area contributed by atoms with Crippen molar-refractivity contribution in [3.63, 3.8) is 0 Å². The van der Waals surface area contributed by atoms with Gasteiger partial charge in [-0.1, -0.05) is 42.5 Å². The van der Waals surface area contributed by atoms with Gasteiger partial charge < -0.3 is 5.32 Å². The van der Waals surface area contributed by atoms with Crippen LogP contribution in [0.15, 0.2) is 67.3 Å². The quantitative estimate of drug-likeness (QED) is 0.592. The molecule has 156 valence electrons. The first-order valence-electron chi connectivity index (χ1n) is 9.93. The number of carbonyl (C=O) groups is 2. The van der Waals surface area contributed by atoms with Gasteiger partial charge in [0.15, 0.2) is 5.78 Å². The zero-order valence-electron chi connectivity index (χ0n) is 17.5. The highest BCUT2D eigenvalue weighted by Gasteiger charge is 2.20. The molecule has 0 radical (unpaired) electrons. The van der Waals surface area contributed by atoms with Gasteiger partial charge in [0.25, 0.3) is 0 Å². The molecule has 7 nitrogen and oxygen atoms in total. The Hall–Kier alpha value is -3.32. The van der Waals surface area contributed by atoms with Crippen molar-refractivity contribution in [3.05, 3.63) is 78.4 Å². The Kier molecular flexibility index (Phi) is 7.08. The van der Waals surface area contributed by atoms with Crippen molar-refractivity contribution in [2.75, 3.05) is 13.6 Å². The number of ketones is 1. The number of amides is 1. The van der Waals surface area contributed by atoms with Gasteiger partial charge >= 0.3 is 0 Å². The van der Waals surface area contributed by atoms with Crippen LogP contribution >= 0.6 is 0 Å². The largest absolute Gasteiger partial charge is 0.345 e. The molecule has 0 aliphatic heterocycles. The number of carbonyl (C=O) groups excluding carboxylic acids is 2. The lowest BCUT2D eigenvalue weighted by Crippen LogP contribution is -2.45. The van der Waals surface area contributed by atoms with Crippen LogP contribution in [0.3, 0.4) is 0 Å². The number of hydrogen-bond donors (Lipinski definition) is 1. The van der Waals surface area contributed by atoms with E-state index in [9.17, 15) is 9.59 Å². The molecule has 30 heavy (non-hydrogen) atoms. The number of nitrogens with one attached hydrogen (secondary N) is 1. The summed E-state index contributed by atoms with van der Waals surface area (Å²) in [6, 6.07) is 17.2. The molecule has 0 fully saturated rings. The second-order valence-corrected chi connectivity index (χ2v) is 7.44. The van der Waals surface area contributed by atoms with Crippen LogP contribution in [0.2, 0.25) is 0 Å². The average molecular weight is 406 g/mol. The van der Waals surface area contributed by atoms with Gasteiger partial charge in [-0.3, -0.25) is 14.5 Å². The molecule has 0 saturated heterocycles. The van der Waals surface area contributed by atoms with Crippen molar-refractivity contribution < 1.29 is 9.59 Å². The van der Waals surface area contributed by atoms with Crippen LogP contribution in [0.5, 0.6) is 0 Å². The van der Waals surface area contributed by atoms with Gasteiger partial charge in [0.05, 0.1) is 18.3 Å². The molecular weight excluding hydrogens is 378 g/mol. The molecule has 2 unspecified atom stereocenters. The number of nitrogens with zero attached hydrogens (tertiary/aromatic N) is 4. The minimum Gasteiger partial charge on any atom is -0.345 e. The lowest BCUT2D eigenvalue weighted by molar-refractivity contribution is -0.127. The number of benzene rings is 2. The van der Waals surface area contributed by atoms with E-state index < -0.39 is 6.04 Å². The summed E-state index contributed by atoms with van der Waals surface area (Å²) in [7, 11) is 1.90. The molecule has 0 bridgehead atoms. The van der Waals surface area contributed by atoms with E-state index >= 15 is 0 Å². The standard InChI is InChI=1S/C23H27N5O2/c1-17(20-9-11-21(12-10-20)28-16-24-15-25-28)27(3)14-23(30)26-22(18(2)29)13-19-7-5-4-6-8-19/h4-12,15-17,22H,13-14H2,1-3H3,(H,26,30). The maximum Gasteiger partial charge on any atom is 0.234 e. The molecule has 7 heteroatoms. The Labute approximate surface area is 176 Å². The smallest absolute Gasteiger partial charge is 0.234 e. The Balaban J connectivity index is 1.57. The fourth-order valence-corrected chi connectivity index (χ4v) is 3.25. The Morgan fingerprint density at radius 2 is 1.80 bits per heavy atom. The first-order valence-corrected chi connectivity index (χ1v) is 9.93. The summed E-state index contributed by atoms with van der Waals surface area (Å²) < 4.78 is 1.69. The van der Waals surface area contributed by atoms with E-state index in [1.807, 2.05) is 73.5 Å². The topological polar surface area (TPSA) is 80.1 Å². The summed E-state index contributed by atoms with van der Waals surface area (Å²) in [6.45, 7) is 3.76. The molecule has 1 heterocycles. The van der Waals surface area contributed by atoms with Gasteiger partial charge in [0.1, 0.15) is 12.7 Å². The second-order valence-electron chi connectivity index (χ2n) is 7.44. The number of hydrogen-bond acceptors (Lipinski definition) is 5. The number of aromatic nitrogens is 3. The SMILES string of the molecule is CC(=O)C(Cc1ccccc1)NC(=O)CN(C)C(C)c1ccc(-n2cncn2)cc1. The lowest BCUT2D eigenvalue weighted by Gasteiger charge is -2.26. The molecule has 2 atom stereocenters. The van der Waals surface area contributed by atoms with E-state index in [2.05, 4.69) is 15.4 Å². The highest BCUT2D eigenvalue weighted by Crippen LogP contribution is 2.20. The van der Waals surface area contributed by atoms with Crippen molar-refractivity contribution in [2.24, 2.45) is 0 Å². The average Bonchev–Trinajstić information content (AvgIpc) is 3.28. The van der Waals surface area contributed by atoms with Crippen LogP contribution in [-0.4, -0.2) is 51.0 Å².